The molecule has 2 heterocycles. The first-order valence-electron chi connectivity index (χ1n) is 5.19. The number of nitrogens with two attached hydrogens (primary N) is 1. The number of nitrogens with zero attached hydrogens (tertiary/aromatic N) is 1. The third-order valence-electron chi connectivity index (χ3n) is 2.49. The van der Waals surface area contributed by atoms with Gasteiger partial charge in [-0.25, -0.2) is 0 Å². The van der Waals surface area contributed by atoms with E-state index in [9.17, 15) is 0 Å². The largest absolute Gasteiger partial charge is 0.397 e. The Kier molecular flexibility index (Phi) is 3.54. The highest BCUT2D eigenvalue weighted by molar-refractivity contribution is 7.08. The maximum absolute atomic E-state index is 5.81. The molecule has 2 aromatic rings. The van der Waals surface area contributed by atoms with Crippen molar-refractivity contribution in [3.05, 3.63) is 45.9 Å². The lowest BCUT2D eigenvalue weighted by molar-refractivity contribution is 0.680. The van der Waals surface area contributed by atoms with Crippen LogP contribution in [0.2, 0.25) is 0 Å². The van der Waals surface area contributed by atoms with Crippen molar-refractivity contribution < 1.29 is 0 Å². The van der Waals surface area contributed by atoms with E-state index in [1.165, 1.54) is 11.1 Å². The number of hydrogen-bond donors (Lipinski definition) is 2. The number of aryl methyl sites for hydroxylation is 1. The molecule has 16 heavy (non-hydrogen) atoms. The fourth-order valence-corrected chi connectivity index (χ4v) is 2.34. The quantitative estimate of drug-likeness (QED) is 0.852. The van der Waals surface area contributed by atoms with Crippen molar-refractivity contribution >= 4 is 17.0 Å². The van der Waals surface area contributed by atoms with Gasteiger partial charge in [0.25, 0.3) is 0 Å². The average Bonchev–Trinajstić information content (AvgIpc) is 2.67. The maximum atomic E-state index is 5.81. The van der Waals surface area contributed by atoms with Gasteiger partial charge >= 0.3 is 0 Å². The zero-order chi connectivity index (χ0) is 11.4. The van der Waals surface area contributed by atoms with E-state index in [4.69, 9.17) is 5.73 Å². The van der Waals surface area contributed by atoms with E-state index in [-0.39, 0.29) is 0 Å². The summed E-state index contributed by atoms with van der Waals surface area (Å²) in [6.45, 7) is 3.70. The van der Waals surface area contributed by atoms with E-state index >= 15 is 0 Å². The van der Waals surface area contributed by atoms with Crippen LogP contribution >= 0.6 is 11.3 Å². The number of nitrogen functional groups attached to an aromatic ring is 1. The van der Waals surface area contributed by atoms with E-state index < -0.39 is 0 Å². The molecule has 4 heteroatoms. The van der Waals surface area contributed by atoms with Crippen molar-refractivity contribution in [3.63, 3.8) is 0 Å². The van der Waals surface area contributed by atoms with Gasteiger partial charge in [0.15, 0.2) is 0 Å². The smallest absolute Gasteiger partial charge is 0.0770 e. The summed E-state index contributed by atoms with van der Waals surface area (Å²) in [6.07, 6.45) is 1.77. The van der Waals surface area contributed by atoms with Gasteiger partial charge in [0.1, 0.15) is 0 Å². The molecule has 0 aliphatic heterocycles. The molecule has 0 fully saturated rings. The molecular weight excluding hydrogens is 218 g/mol. The van der Waals surface area contributed by atoms with Crippen molar-refractivity contribution in [1.29, 1.82) is 0 Å². The van der Waals surface area contributed by atoms with E-state index in [0.717, 1.165) is 17.9 Å². The fourth-order valence-electron chi connectivity index (χ4n) is 1.48. The molecule has 0 spiro atoms. The van der Waals surface area contributed by atoms with Crippen LogP contribution in [0.5, 0.6) is 0 Å². The van der Waals surface area contributed by atoms with Crippen LogP contribution in [0.1, 0.15) is 16.8 Å². The minimum atomic E-state index is 0.710. The standard InChI is InChI=1S/C12H15N3S/c1-9-7-16-8-10(9)5-14-6-12-11(13)3-2-4-15-12/h2-4,7-8,14H,5-6,13H2,1H3. The van der Waals surface area contributed by atoms with Crippen LogP contribution in [0.4, 0.5) is 5.69 Å². The Morgan fingerprint density at radius 1 is 1.38 bits per heavy atom. The Balaban J connectivity index is 1.89. The Morgan fingerprint density at radius 2 is 2.25 bits per heavy atom. The molecule has 3 N–H and O–H groups in total. The van der Waals surface area contributed by atoms with Crippen LogP contribution in [-0.4, -0.2) is 4.98 Å². The molecule has 0 amide bonds. The average molecular weight is 233 g/mol. The van der Waals surface area contributed by atoms with Gasteiger partial charge in [-0.15, -0.1) is 0 Å². The predicted molar refractivity (Wildman–Crippen MR) is 68.2 cm³/mol. The SMILES string of the molecule is Cc1cscc1CNCc1ncccc1N. The van der Waals surface area contributed by atoms with Gasteiger partial charge in [0.2, 0.25) is 0 Å². The minimum absolute atomic E-state index is 0.710. The Morgan fingerprint density at radius 3 is 2.94 bits per heavy atom. The normalized spacial score (nSPS) is 10.6. The van der Waals surface area contributed by atoms with E-state index in [0.29, 0.717) is 6.54 Å². The number of nitrogens with one attached hydrogen (secondary N) is 1. The Hall–Kier alpha value is -1.39. The third-order valence-corrected chi connectivity index (χ3v) is 3.41. The first kappa shape index (κ1) is 11.1. The zero-order valence-electron chi connectivity index (χ0n) is 9.23. The predicted octanol–water partition coefficient (Wildman–Crippen LogP) is 2.32. The molecule has 0 radical (unpaired) electrons. The zero-order valence-corrected chi connectivity index (χ0v) is 10.1. The molecule has 0 aromatic carbocycles. The maximum Gasteiger partial charge on any atom is 0.0770 e. The Bertz CT molecular complexity index is 465. The molecule has 0 unspecified atom stereocenters. The van der Waals surface area contributed by atoms with Gasteiger partial charge in [-0.05, 0) is 40.9 Å². The second-order valence-corrected chi connectivity index (χ2v) is 4.47. The van der Waals surface area contributed by atoms with E-state index in [1.54, 1.807) is 17.5 Å². The lowest BCUT2D eigenvalue weighted by Crippen LogP contribution is -2.15. The molecule has 2 rings (SSSR count). The summed E-state index contributed by atoms with van der Waals surface area (Å²) >= 11 is 1.74. The van der Waals surface area contributed by atoms with Gasteiger partial charge in [-0.3, -0.25) is 4.98 Å². The number of pyridine rings is 1. The second kappa shape index (κ2) is 5.09. The van der Waals surface area contributed by atoms with Crippen molar-refractivity contribution in [2.24, 2.45) is 0 Å². The third kappa shape index (κ3) is 2.59. The first-order chi connectivity index (χ1) is 7.77. The van der Waals surface area contributed by atoms with Crippen LogP contribution < -0.4 is 11.1 Å². The van der Waals surface area contributed by atoms with Crippen LogP contribution in [0.25, 0.3) is 0 Å². The van der Waals surface area contributed by atoms with E-state index in [2.05, 4.69) is 28.0 Å². The van der Waals surface area contributed by atoms with Gasteiger partial charge in [-0.2, -0.15) is 11.3 Å². The van der Waals surface area contributed by atoms with Gasteiger partial charge in [0, 0.05) is 19.3 Å². The highest BCUT2D eigenvalue weighted by Crippen LogP contribution is 2.13. The van der Waals surface area contributed by atoms with Crippen LogP contribution in [-0.2, 0) is 13.1 Å². The van der Waals surface area contributed by atoms with Gasteiger partial charge < -0.3 is 11.1 Å². The molecule has 2 aromatic heterocycles. The summed E-state index contributed by atoms with van der Waals surface area (Å²) in [5.74, 6) is 0. The van der Waals surface area contributed by atoms with Crippen molar-refractivity contribution in [2.45, 2.75) is 20.0 Å². The first-order valence-corrected chi connectivity index (χ1v) is 6.13. The van der Waals surface area contributed by atoms with Crippen molar-refractivity contribution in [1.82, 2.24) is 10.3 Å². The monoisotopic (exact) mass is 233 g/mol. The molecule has 0 aliphatic carbocycles. The van der Waals surface area contributed by atoms with Crippen LogP contribution in [0.15, 0.2) is 29.1 Å². The molecule has 0 atom stereocenters. The van der Waals surface area contributed by atoms with Crippen molar-refractivity contribution in [3.8, 4) is 0 Å². The minimum Gasteiger partial charge on any atom is -0.397 e. The summed E-state index contributed by atoms with van der Waals surface area (Å²) in [7, 11) is 0. The number of anilines is 1. The number of hydrogen-bond acceptors (Lipinski definition) is 4. The Labute approximate surface area is 99.3 Å². The molecule has 0 bridgehead atoms. The van der Waals surface area contributed by atoms with Gasteiger partial charge in [0.05, 0.1) is 11.4 Å². The lowest BCUT2D eigenvalue weighted by Gasteiger charge is -2.06. The lowest BCUT2D eigenvalue weighted by atomic mass is 10.2. The summed E-state index contributed by atoms with van der Waals surface area (Å²) in [5.41, 5.74) is 10.2. The molecule has 0 aliphatic rings. The topological polar surface area (TPSA) is 50.9 Å². The van der Waals surface area contributed by atoms with Crippen molar-refractivity contribution in [2.75, 3.05) is 5.73 Å². The highest BCUT2D eigenvalue weighted by atomic mass is 32.1. The number of thiophene rings is 1. The molecular formula is C12H15N3S. The van der Waals surface area contributed by atoms with Crippen LogP contribution in [0.3, 0.4) is 0 Å². The summed E-state index contributed by atoms with van der Waals surface area (Å²) in [6, 6.07) is 3.72. The highest BCUT2D eigenvalue weighted by Gasteiger charge is 2.01. The molecule has 3 nitrogen and oxygen atoms in total. The summed E-state index contributed by atoms with van der Waals surface area (Å²) in [5, 5.41) is 7.68. The van der Waals surface area contributed by atoms with Crippen LogP contribution in [0, 0.1) is 6.92 Å². The number of rotatable bonds is 4. The number of aromatic nitrogens is 1. The molecule has 0 saturated heterocycles. The fraction of sp³-hybridized carbons (Fsp3) is 0.250. The van der Waals surface area contributed by atoms with Gasteiger partial charge in [-0.1, -0.05) is 0 Å². The molecule has 84 valence electrons. The summed E-state index contributed by atoms with van der Waals surface area (Å²) in [4.78, 5) is 4.23. The van der Waals surface area contributed by atoms with E-state index in [1.807, 2.05) is 12.1 Å². The molecule has 0 saturated carbocycles. The second-order valence-electron chi connectivity index (χ2n) is 3.72. The summed E-state index contributed by atoms with van der Waals surface area (Å²) < 4.78 is 0.